The largest absolute Gasteiger partial charge is 0.480 e. The van der Waals surface area contributed by atoms with E-state index in [9.17, 15) is 18.9 Å². The van der Waals surface area contributed by atoms with E-state index in [1.807, 2.05) is 42.5 Å². The van der Waals surface area contributed by atoms with Crippen LogP contribution in [0.4, 0.5) is 0 Å². The van der Waals surface area contributed by atoms with Crippen molar-refractivity contribution in [2.45, 2.75) is 17.4 Å². The van der Waals surface area contributed by atoms with Gasteiger partial charge in [0.05, 0.1) is 27.4 Å². The summed E-state index contributed by atoms with van der Waals surface area (Å²) in [4.78, 5) is 30.3. The Kier molecular flexibility index (Phi) is 6.04. The first kappa shape index (κ1) is 20.7. The second kappa shape index (κ2) is 9.06. The van der Waals surface area contributed by atoms with Gasteiger partial charge in [0.1, 0.15) is 6.04 Å². The molecule has 0 unspecified atom stereocenters. The van der Waals surface area contributed by atoms with Crippen LogP contribution >= 0.6 is 0 Å². The SMILES string of the molecule is O=C(N[C@H](CC[S@](=O)c1ccccc1)C(=O)O)c1c2ccccc2nc2ccccc12. The predicted octanol–water partition coefficient (Wildman–Crippen LogP) is 3.77. The average Bonchev–Trinajstić information content (AvgIpc) is 2.80. The number of benzene rings is 3. The molecule has 3 aromatic carbocycles. The third kappa shape index (κ3) is 4.46. The number of nitrogens with zero attached hydrogens (tertiary/aromatic N) is 1. The number of amides is 1. The van der Waals surface area contributed by atoms with E-state index in [1.54, 1.807) is 36.4 Å². The third-order valence-corrected chi connectivity index (χ3v) is 6.42. The molecule has 0 fully saturated rings. The molecule has 31 heavy (non-hydrogen) atoms. The lowest BCUT2D eigenvalue weighted by atomic mass is 10.0. The van der Waals surface area contributed by atoms with Crippen LogP contribution < -0.4 is 5.32 Å². The maximum absolute atomic E-state index is 13.2. The van der Waals surface area contributed by atoms with Gasteiger partial charge in [0.2, 0.25) is 0 Å². The van der Waals surface area contributed by atoms with E-state index in [-0.39, 0.29) is 12.2 Å². The quantitative estimate of drug-likeness (QED) is 0.434. The van der Waals surface area contributed by atoms with Gasteiger partial charge in [0, 0.05) is 21.4 Å². The molecular formula is C24H20N2O4S. The van der Waals surface area contributed by atoms with E-state index in [0.717, 1.165) is 0 Å². The number of pyridine rings is 1. The maximum Gasteiger partial charge on any atom is 0.326 e. The molecule has 0 bridgehead atoms. The number of hydrogen-bond donors (Lipinski definition) is 2. The van der Waals surface area contributed by atoms with E-state index < -0.39 is 28.7 Å². The highest BCUT2D eigenvalue weighted by molar-refractivity contribution is 7.85. The summed E-state index contributed by atoms with van der Waals surface area (Å²) in [6, 6.07) is 22.2. The van der Waals surface area contributed by atoms with Gasteiger partial charge in [-0.15, -0.1) is 0 Å². The highest BCUT2D eigenvalue weighted by Crippen LogP contribution is 2.26. The van der Waals surface area contributed by atoms with Gasteiger partial charge in [-0.2, -0.15) is 0 Å². The monoisotopic (exact) mass is 432 g/mol. The van der Waals surface area contributed by atoms with Crippen LogP contribution in [0.2, 0.25) is 0 Å². The maximum atomic E-state index is 13.2. The lowest BCUT2D eigenvalue weighted by molar-refractivity contribution is -0.139. The van der Waals surface area contributed by atoms with Crippen LogP contribution in [0.1, 0.15) is 16.8 Å². The molecule has 0 saturated heterocycles. The lowest BCUT2D eigenvalue weighted by Crippen LogP contribution is -2.41. The summed E-state index contributed by atoms with van der Waals surface area (Å²) in [5, 5.41) is 13.6. The Labute approximate surface area is 181 Å². The van der Waals surface area contributed by atoms with Gasteiger partial charge >= 0.3 is 5.97 Å². The molecule has 0 aliphatic rings. The Morgan fingerprint density at radius 3 is 2.00 bits per heavy atom. The number of rotatable bonds is 7. The van der Waals surface area contributed by atoms with E-state index in [4.69, 9.17) is 0 Å². The fourth-order valence-electron chi connectivity index (χ4n) is 3.49. The number of nitrogens with one attached hydrogen (secondary N) is 1. The number of fused-ring (bicyclic) bond motifs is 2. The molecule has 4 aromatic rings. The summed E-state index contributed by atoms with van der Waals surface area (Å²) < 4.78 is 12.5. The number of aromatic nitrogens is 1. The molecule has 1 heterocycles. The van der Waals surface area contributed by atoms with Crippen molar-refractivity contribution >= 4 is 44.5 Å². The first-order valence-electron chi connectivity index (χ1n) is 9.79. The first-order valence-corrected chi connectivity index (χ1v) is 11.1. The standard InChI is InChI=1S/C24H20N2O4S/c27-23(26-21(24(28)29)14-15-31(30)16-8-2-1-3-9-16)22-17-10-4-6-12-19(17)25-20-13-7-5-11-18(20)22/h1-13,21H,14-15H2,(H,26,27)(H,28,29)/t21-,31+/m1/s1. The topological polar surface area (TPSA) is 96.4 Å². The number of carboxylic acid groups (broad SMARTS) is 1. The molecule has 4 rings (SSSR count). The highest BCUT2D eigenvalue weighted by Gasteiger charge is 2.24. The van der Waals surface area contributed by atoms with E-state index in [2.05, 4.69) is 10.3 Å². The molecule has 1 amide bonds. The van der Waals surface area contributed by atoms with Crippen molar-refractivity contribution < 1.29 is 18.9 Å². The summed E-state index contributed by atoms with van der Waals surface area (Å²) in [7, 11) is -1.35. The summed E-state index contributed by atoms with van der Waals surface area (Å²) in [5.74, 6) is -1.53. The lowest BCUT2D eigenvalue weighted by Gasteiger charge is -2.16. The zero-order chi connectivity index (χ0) is 21.8. The number of carbonyl (C=O) groups excluding carboxylic acids is 1. The molecule has 156 valence electrons. The van der Waals surface area contributed by atoms with Gasteiger partial charge in [0.25, 0.3) is 5.91 Å². The fraction of sp³-hybridized carbons (Fsp3) is 0.125. The Morgan fingerprint density at radius 2 is 1.42 bits per heavy atom. The van der Waals surface area contributed by atoms with E-state index >= 15 is 0 Å². The molecule has 1 aromatic heterocycles. The Hall–Kier alpha value is -3.58. The minimum absolute atomic E-state index is 0.0452. The molecule has 0 aliphatic carbocycles. The Balaban J connectivity index is 1.61. The van der Waals surface area contributed by atoms with Crippen molar-refractivity contribution in [3.63, 3.8) is 0 Å². The molecule has 0 saturated carbocycles. The minimum Gasteiger partial charge on any atom is -0.480 e. The van der Waals surface area contributed by atoms with Crippen molar-refractivity contribution in [2.75, 3.05) is 5.75 Å². The van der Waals surface area contributed by atoms with Gasteiger partial charge in [-0.25, -0.2) is 9.78 Å². The van der Waals surface area contributed by atoms with Crippen molar-refractivity contribution in [3.8, 4) is 0 Å². The molecule has 0 spiro atoms. The zero-order valence-corrected chi connectivity index (χ0v) is 17.3. The van der Waals surface area contributed by atoms with Crippen molar-refractivity contribution in [1.29, 1.82) is 0 Å². The molecule has 2 atom stereocenters. The van der Waals surface area contributed by atoms with E-state index in [0.29, 0.717) is 32.3 Å². The Morgan fingerprint density at radius 1 is 0.871 bits per heavy atom. The second-order valence-corrected chi connectivity index (χ2v) is 8.61. The molecule has 2 N–H and O–H groups in total. The first-order chi connectivity index (χ1) is 15.0. The smallest absolute Gasteiger partial charge is 0.326 e. The van der Waals surface area contributed by atoms with Crippen molar-refractivity contribution in [1.82, 2.24) is 10.3 Å². The van der Waals surface area contributed by atoms with Crippen LogP contribution in [0, 0.1) is 0 Å². The second-order valence-electron chi connectivity index (χ2n) is 7.04. The summed E-state index contributed by atoms with van der Waals surface area (Å²) in [5.41, 5.74) is 1.70. The number of hydrogen-bond acceptors (Lipinski definition) is 4. The molecule has 0 aliphatic heterocycles. The summed E-state index contributed by atoms with van der Waals surface area (Å²) in [6.45, 7) is 0. The van der Waals surface area contributed by atoms with Gasteiger partial charge in [-0.1, -0.05) is 54.6 Å². The van der Waals surface area contributed by atoms with Crippen molar-refractivity contribution in [3.05, 3.63) is 84.4 Å². The molecular weight excluding hydrogens is 412 g/mol. The third-order valence-electron chi connectivity index (χ3n) is 5.02. The normalized spacial score (nSPS) is 13.0. The van der Waals surface area contributed by atoms with Crippen molar-refractivity contribution in [2.24, 2.45) is 0 Å². The zero-order valence-electron chi connectivity index (χ0n) is 16.5. The van der Waals surface area contributed by atoms with Crippen LogP contribution in [0.5, 0.6) is 0 Å². The number of para-hydroxylation sites is 2. The highest BCUT2D eigenvalue weighted by atomic mass is 32.2. The molecule has 6 nitrogen and oxygen atoms in total. The molecule has 7 heteroatoms. The average molecular weight is 433 g/mol. The van der Waals surface area contributed by atoms with Gasteiger partial charge in [-0.05, 0) is 30.7 Å². The Bertz CT molecular complexity index is 1240. The number of carbonyl (C=O) groups is 2. The van der Waals surface area contributed by atoms with Gasteiger partial charge < -0.3 is 10.4 Å². The van der Waals surface area contributed by atoms with E-state index in [1.165, 1.54) is 0 Å². The summed E-state index contributed by atoms with van der Waals surface area (Å²) >= 11 is 0. The van der Waals surface area contributed by atoms with Gasteiger partial charge in [0.15, 0.2) is 0 Å². The number of carboxylic acids is 1. The summed E-state index contributed by atoms with van der Waals surface area (Å²) in [6.07, 6.45) is 0.0452. The van der Waals surface area contributed by atoms with Gasteiger partial charge in [-0.3, -0.25) is 9.00 Å². The fourth-order valence-corrected chi connectivity index (χ4v) is 4.63. The van der Waals surface area contributed by atoms with Crippen LogP contribution in [0.15, 0.2) is 83.8 Å². The van der Waals surface area contributed by atoms with Crippen LogP contribution in [-0.2, 0) is 15.6 Å². The minimum atomic E-state index is -1.35. The van der Waals surface area contributed by atoms with Crippen LogP contribution in [0.25, 0.3) is 21.8 Å². The number of aliphatic carboxylic acids is 1. The van der Waals surface area contributed by atoms with Crippen LogP contribution in [-0.4, -0.2) is 38.0 Å². The van der Waals surface area contributed by atoms with Crippen LogP contribution in [0.3, 0.4) is 0 Å². The molecule has 0 radical (unpaired) electrons. The predicted molar refractivity (Wildman–Crippen MR) is 120 cm³/mol.